The molecule has 1 saturated carbocycles. The third kappa shape index (κ3) is 3.42. The molecule has 8 heteroatoms. The predicted molar refractivity (Wildman–Crippen MR) is 114 cm³/mol. The maximum Gasteiger partial charge on any atom is 0.275 e. The number of fused-ring (bicyclic) bond motifs is 1. The van der Waals surface area contributed by atoms with Crippen molar-refractivity contribution >= 4 is 29.2 Å². The van der Waals surface area contributed by atoms with Gasteiger partial charge in [0.25, 0.3) is 5.91 Å². The number of hydrogen-bond acceptors (Lipinski definition) is 4. The van der Waals surface area contributed by atoms with Crippen LogP contribution in [-0.2, 0) is 13.1 Å². The van der Waals surface area contributed by atoms with E-state index < -0.39 is 0 Å². The summed E-state index contributed by atoms with van der Waals surface area (Å²) in [7, 11) is 0. The lowest BCUT2D eigenvalue weighted by Crippen LogP contribution is -2.39. The molecule has 1 saturated heterocycles. The number of aromatic nitrogens is 4. The standard InChI is InChI=1S/C21H26N6O.ClH/c1-2-26-12-11-23-18(26)14-27(17-13-21(17)7-9-22-10-8-21)20(28)19-15-5-3-4-6-16(15)24-25-19;/h3-6,11-12,17,22H,2,7-10,13-14H2,1H3,(H,24,25);1H. The Labute approximate surface area is 176 Å². The van der Waals surface area contributed by atoms with E-state index in [2.05, 4.69) is 32.0 Å². The van der Waals surface area contributed by atoms with E-state index in [0.717, 1.165) is 55.6 Å². The maximum atomic E-state index is 13.6. The number of piperidine rings is 1. The average Bonchev–Trinajstić information content (AvgIpc) is 3.10. The summed E-state index contributed by atoms with van der Waals surface area (Å²) in [5, 5.41) is 11.7. The van der Waals surface area contributed by atoms with Crippen LogP contribution >= 0.6 is 12.4 Å². The first-order chi connectivity index (χ1) is 13.7. The number of para-hydroxylation sites is 1. The SMILES string of the molecule is CCn1ccnc1CN(C(=O)c1n[nH]c2ccccc12)C1CC12CCNCC2.Cl. The Morgan fingerprint density at radius 2 is 2.10 bits per heavy atom. The smallest absolute Gasteiger partial charge is 0.275 e. The number of hydrogen-bond donors (Lipinski definition) is 2. The minimum absolute atomic E-state index is 0. The number of aromatic amines is 1. The average molecular weight is 415 g/mol. The molecule has 1 amide bonds. The van der Waals surface area contributed by atoms with E-state index in [9.17, 15) is 4.79 Å². The normalized spacial score (nSPS) is 19.8. The van der Waals surface area contributed by atoms with Gasteiger partial charge in [-0.2, -0.15) is 5.10 Å². The zero-order valence-electron chi connectivity index (χ0n) is 16.6. The number of amides is 1. The molecule has 154 valence electrons. The maximum absolute atomic E-state index is 13.6. The van der Waals surface area contributed by atoms with Gasteiger partial charge in [0, 0.05) is 30.4 Å². The van der Waals surface area contributed by atoms with Crippen LogP contribution in [0, 0.1) is 5.41 Å². The minimum Gasteiger partial charge on any atom is -0.334 e. The molecule has 2 N–H and O–H groups in total. The van der Waals surface area contributed by atoms with E-state index in [-0.39, 0.29) is 29.8 Å². The highest BCUT2D eigenvalue weighted by atomic mass is 35.5. The van der Waals surface area contributed by atoms with Gasteiger partial charge in [-0.05, 0) is 50.8 Å². The van der Waals surface area contributed by atoms with Crippen molar-refractivity contribution in [3.05, 3.63) is 48.2 Å². The fraction of sp³-hybridized carbons (Fsp3) is 0.476. The highest BCUT2D eigenvalue weighted by Gasteiger charge is 2.58. The van der Waals surface area contributed by atoms with Gasteiger partial charge in [0.05, 0.1) is 12.1 Å². The third-order valence-corrected chi connectivity index (χ3v) is 6.51. The topological polar surface area (TPSA) is 78.8 Å². The van der Waals surface area contributed by atoms with Crippen LogP contribution in [0.4, 0.5) is 0 Å². The van der Waals surface area contributed by atoms with Crippen molar-refractivity contribution < 1.29 is 4.79 Å². The molecule has 29 heavy (non-hydrogen) atoms. The zero-order valence-corrected chi connectivity index (χ0v) is 17.4. The van der Waals surface area contributed by atoms with Crippen molar-refractivity contribution in [2.24, 2.45) is 5.41 Å². The van der Waals surface area contributed by atoms with E-state index in [1.165, 1.54) is 0 Å². The third-order valence-electron chi connectivity index (χ3n) is 6.51. The summed E-state index contributed by atoms with van der Waals surface area (Å²) in [4.78, 5) is 20.2. The van der Waals surface area contributed by atoms with Crippen molar-refractivity contribution in [1.29, 1.82) is 0 Å². The monoisotopic (exact) mass is 414 g/mol. The Balaban J connectivity index is 0.00000205. The molecule has 5 rings (SSSR count). The molecule has 1 unspecified atom stereocenters. The second-order valence-corrected chi connectivity index (χ2v) is 8.01. The lowest BCUT2D eigenvalue weighted by molar-refractivity contribution is 0.0681. The summed E-state index contributed by atoms with van der Waals surface area (Å²) in [5.74, 6) is 0.940. The summed E-state index contributed by atoms with van der Waals surface area (Å²) < 4.78 is 2.11. The number of halogens is 1. The molecule has 3 aromatic rings. The quantitative estimate of drug-likeness (QED) is 0.672. The van der Waals surface area contributed by atoms with Crippen LogP contribution in [0.15, 0.2) is 36.7 Å². The first-order valence-corrected chi connectivity index (χ1v) is 10.2. The van der Waals surface area contributed by atoms with Gasteiger partial charge in [-0.3, -0.25) is 9.89 Å². The largest absolute Gasteiger partial charge is 0.334 e. The van der Waals surface area contributed by atoms with Gasteiger partial charge in [0.2, 0.25) is 0 Å². The Morgan fingerprint density at radius 3 is 2.90 bits per heavy atom. The van der Waals surface area contributed by atoms with Gasteiger partial charge in [-0.1, -0.05) is 18.2 Å². The van der Waals surface area contributed by atoms with E-state index >= 15 is 0 Å². The van der Waals surface area contributed by atoms with Crippen molar-refractivity contribution in [2.75, 3.05) is 13.1 Å². The van der Waals surface area contributed by atoms with Gasteiger partial charge in [-0.25, -0.2) is 4.98 Å². The lowest BCUT2D eigenvalue weighted by Gasteiger charge is -2.29. The number of nitrogens with one attached hydrogen (secondary N) is 2. The molecule has 1 spiro atoms. The number of carbonyl (C=O) groups excluding carboxylic acids is 1. The molecule has 3 heterocycles. The van der Waals surface area contributed by atoms with Crippen molar-refractivity contribution in [3.8, 4) is 0 Å². The molecule has 1 aromatic carbocycles. The van der Waals surface area contributed by atoms with Crippen molar-refractivity contribution in [1.82, 2.24) is 30.0 Å². The number of benzene rings is 1. The summed E-state index contributed by atoms with van der Waals surface area (Å²) >= 11 is 0. The molecular weight excluding hydrogens is 388 g/mol. The lowest BCUT2D eigenvalue weighted by atomic mass is 9.93. The van der Waals surface area contributed by atoms with Crippen LogP contribution < -0.4 is 5.32 Å². The number of imidazole rings is 1. The van der Waals surface area contributed by atoms with E-state index in [0.29, 0.717) is 12.2 Å². The summed E-state index contributed by atoms with van der Waals surface area (Å²) in [5.41, 5.74) is 1.67. The van der Waals surface area contributed by atoms with Crippen LogP contribution in [0.3, 0.4) is 0 Å². The Morgan fingerprint density at radius 1 is 1.31 bits per heavy atom. The van der Waals surface area contributed by atoms with Crippen LogP contribution in [0.25, 0.3) is 10.9 Å². The van der Waals surface area contributed by atoms with E-state index in [1.807, 2.05) is 41.6 Å². The Kier molecular flexibility index (Phi) is 5.36. The first kappa shape index (κ1) is 19.9. The molecule has 0 radical (unpaired) electrons. The molecule has 2 aromatic heterocycles. The summed E-state index contributed by atoms with van der Waals surface area (Å²) in [6.07, 6.45) is 7.14. The molecule has 7 nitrogen and oxygen atoms in total. The first-order valence-electron chi connectivity index (χ1n) is 10.2. The summed E-state index contributed by atoms with van der Waals surface area (Å²) in [6, 6.07) is 8.09. The number of rotatable bonds is 5. The number of aryl methyl sites for hydroxylation is 1. The van der Waals surface area contributed by atoms with Crippen molar-refractivity contribution in [3.63, 3.8) is 0 Å². The van der Waals surface area contributed by atoms with Crippen molar-refractivity contribution in [2.45, 2.75) is 45.3 Å². The Hall–Kier alpha value is -2.38. The van der Waals surface area contributed by atoms with Gasteiger partial charge in [0.15, 0.2) is 5.69 Å². The van der Waals surface area contributed by atoms with Crippen LogP contribution in [0.5, 0.6) is 0 Å². The van der Waals surface area contributed by atoms with Crippen LogP contribution in [0.2, 0.25) is 0 Å². The van der Waals surface area contributed by atoms with Gasteiger partial charge >= 0.3 is 0 Å². The highest BCUT2D eigenvalue weighted by Crippen LogP contribution is 2.56. The summed E-state index contributed by atoms with van der Waals surface area (Å²) in [6.45, 7) is 5.55. The zero-order chi connectivity index (χ0) is 19.1. The predicted octanol–water partition coefficient (Wildman–Crippen LogP) is 2.99. The van der Waals surface area contributed by atoms with Gasteiger partial charge < -0.3 is 14.8 Å². The fourth-order valence-electron chi connectivity index (χ4n) is 4.75. The highest BCUT2D eigenvalue weighted by molar-refractivity contribution is 6.04. The molecule has 1 aliphatic heterocycles. The number of H-pyrrole nitrogens is 1. The minimum atomic E-state index is 0. The van der Waals surface area contributed by atoms with Crippen LogP contribution in [0.1, 0.15) is 42.5 Å². The number of nitrogens with zero attached hydrogens (tertiary/aromatic N) is 4. The molecule has 0 bridgehead atoms. The molecule has 1 atom stereocenters. The molecule has 1 aliphatic carbocycles. The Bertz CT molecular complexity index is 1010. The fourth-order valence-corrected chi connectivity index (χ4v) is 4.75. The second kappa shape index (κ2) is 7.80. The number of carbonyl (C=O) groups is 1. The molecule has 2 aliphatic rings. The van der Waals surface area contributed by atoms with E-state index in [1.54, 1.807) is 0 Å². The second-order valence-electron chi connectivity index (χ2n) is 8.01. The van der Waals surface area contributed by atoms with Gasteiger partial charge in [0.1, 0.15) is 5.82 Å². The molecular formula is C21H27ClN6O. The molecule has 2 fully saturated rings. The van der Waals surface area contributed by atoms with Crippen LogP contribution in [-0.4, -0.2) is 49.7 Å². The van der Waals surface area contributed by atoms with E-state index in [4.69, 9.17) is 0 Å². The van der Waals surface area contributed by atoms with Gasteiger partial charge in [-0.15, -0.1) is 12.4 Å².